The van der Waals surface area contributed by atoms with E-state index in [1.54, 1.807) is 37.3 Å². The first-order valence-corrected chi connectivity index (χ1v) is 17.2. The second kappa shape index (κ2) is 19.8. The topological polar surface area (TPSA) is 114 Å². The predicted octanol–water partition coefficient (Wildman–Crippen LogP) is 6.25. The van der Waals surface area contributed by atoms with Crippen LogP contribution < -0.4 is 19.5 Å². The van der Waals surface area contributed by atoms with E-state index in [1.165, 1.54) is 0 Å². The van der Waals surface area contributed by atoms with Crippen LogP contribution >= 0.6 is 0 Å². The number of ether oxygens (including phenoxy) is 7. The molecule has 1 heterocycles. The highest BCUT2D eigenvalue weighted by molar-refractivity contribution is 5.96. The van der Waals surface area contributed by atoms with Crippen molar-refractivity contribution < 1.29 is 42.7 Å². The summed E-state index contributed by atoms with van der Waals surface area (Å²) in [5.74, 6) is 1.89. The summed E-state index contributed by atoms with van der Waals surface area (Å²) in [5.41, 5.74) is 1.96. The average Bonchev–Trinajstić information content (AvgIpc) is 3.11. The maximum Gasteiger partial charge on any atom is 0.410 e. The smallest absolute Gasteiger partial charge is 0.410 e. The largest absolute Gasteiger partial charge is 0.496 e. The maximum absolute atomic E-state index is 13.0. The molecular weight excluding hydrogens is 640 g/mol. The number of benzene rings is 3. The van der Waals surface area contributed by atoms with Gasteiger partial charge in [-0.3, -0.25) is 4.79 Å². The van der Waals surface area contributed by atoms with Crippen LogP contribution in [-0.4, -0.2) is 95.5 Å². The van der Waals surface area contributed by atoms with Gasteiger partial charge in [-0.05, 0) is 63.1 Å². The van der Waals surface area contributed by atoms with E-state index in [9.17, 15) is 9.59 Å². The Hall–Kier alpha value is -4.32. The van der Waals surface area contributed by atoms with Crippen molar-refractivity contribution in [2.45, 2.75) is 57.8 Å². The van der Waals surface area contributed by atoms with Gasteiger partial charge in [0.1, 0.15) is 29.5 Å². The molecule has 0 saturated carbocycles. The van der Waals surface area contributed by atoms with Gasteiger partial charge in [0.15, 0.2) is 0 Å². The lowest BCUT2D eigenvalue weighted by molar-refractivity contribution is -0.0358. The zero-order chi connectivity index (χ0) is 35.8. The number of rotatable bonds is 18. The summed E-state index contributed by atoms with van der Waals surface area (Å²) < 4.78 is 40.3. The van der Waals surface area contributed by atoms with Gasteiger partial charge in [0.25, 0.3) is 5.91 Å². The summed E-state index contributed by atoms with van der Waals surface area (Å²) in [4.78, 5) is 27.3. The van der Waals surface area contributed by atoms with Crippen LogP contribution in [0, 0.1) is 0 Å². The molecule has 3 aromatic rings. The number of likely N-dealkylation sites (tertiary alicyclic amines) is 1. The zero-order valence-corrected chi connectivity index (χ0v) is 30.0. The number of nitrogens with zero attached hydrogens (tertiary/aromatic N) is 1. The van der Waals surface area contributed by atoms with Gasteiger partial charge in [0.05, 0.1) is 58.4 Å². The number of nitrogens with one attached hydrogen (secondary N) is 1. The van der Waals surface area contributed by atoms with Crippen LogP contribution in [0.15, 0.2) is 72.8 Å². The Labute approximate surface area is 296 Å². The first kappa shape index (κ1) is 38.5. The van der Waals surface area contributed by atoms with Crippen molar-refractivity contribution in [2.24, 2.45) is 0 Å². The molecular formula is C39H52N2O9. The molecule has 0 radical (unpaired) electrons. The van der Waals surface area contributed by atoms with Gasteiger partial charge in [-0.15, -0.1) is 0 Å². The van der Waals surface area contributed by atoms with Gasteiger partial charge in [-0.2, -0.15) is 0 Å². The highest BCUT2D eigenvalue weighted by Gasteiger charge is 2.35. The molecule has 50 heavy (non-hydrogen) atoms. The Morgan fingerprint density at radius 2 is 1.58 bits per heavy atom. The standard InChI is InChI=1S/C39H52N2O9/c1-39(2,3)50-38(43)41-21-19-32(36(27-41)49-26-25-48-35-14-9-7-12-33(35)37(42)40-20-24-44-4)29-15-17-31(18-16-29)47-23-10-22-46-28-30-11-6-8-13-34(30)45-5/h6-9,11-18,32,36H,10,19-28H2,1-5H3,(H,40,42). The zero-order valence-electron chi connectivity index (χ0n) is 30.0. The summed E-state index contributed by atoms with van der Waals surface area (Å²) in [6, 6.07) is 23.0. The van der Waals surface area contributed by atoms with E-state index in [2.05, 4.69) is 17.4 Å². The van der Waals surface area contributed by atoms with Crippen LogP contribution in [0.3, 0.4) is 0 Å². The number of methoxy groups -OCH3 is 2. The first-order chi connectivity index (χ1) is 24.2. The van der Waals surface area contributed by atoms with Crippen molar-refractivity contribution in [2.75, 3.05) is 66.9 Å². The van der Waals surface area contributed by atoms with Crippen molar-refractivity contribution in [3.05, 3.63) is 89.5 Å². The highest BCUT2D eigenvalue weighted by Crippen LogP contribution is 2.32. The number of amides is 2. The van der Waals surface area contributed by atoms with Crippen molar-refractivity contribution in [3.63, 3.8) is 0 Å². The molecule has 0 spiro atoms. The van der Waals surface area contributed by atoms with E-state index in [1.807, 2.05) is 63.2 Å². The van der Waals surface area contributed by atoms with E-state index in [4.69, 9.17) is 33.2 Å². The third kappa shape index (κ3) is 12.2. The quantitative estimate of drug-likeness (QED) is 0.155. The summed E-state index contributed by atoms with van der Waals surface area (Å²) in [5, 5.41) is 2.83. The monoisotopic (exact) mass is 692 g/mol. The molecule has 0 bridgehead atoms. The summed E-state index contributed by atoms with van der Waals surface area (Å²) >= 11 is 0. The molecule has 0 aromatic heterocycles. The van der Waals surface area contributed by atoms with E-state index in [-0.39, 0.29) is 37.2 Å². The van der Waals surface area contributed by atoms with Crippen LogP contribution in [0.1, 0.15) is 61.0 Å². The van der Waals surface area contributed by atoms with E-state index >= 15 is 0 Å². The van der Waals surface area contributed by atoms with Crippen LogP contribution in [0.2, 0.25) is 0 Å². The van der Waals surface area contributed by atoms with Gasteiger partial charge in [-0.25, -0.2) is 4.79 Å². The lowest BCUT2D eigenvalue weighted by Gasteiger charge is -2.39. The van der Waals surface area contributed by atoms with Crippen LogP contribution in [0.5, 0.6) is 17.2 Å². The molecule has 4 rings (SSSR count). The highest BCUT2D eigenvalue weighted by atomic mass is 16.6. The van der Waals surface area contributed by atoms with Crippen LogP contribution in [0.4, 0.5) is 4.79 Å². The second-order valence-electron chi connectivity index (χ2n) is 13.0. The Kier molecular flexibility index (Phi) is 15.2. The normalized spacial score (nSPS) is 16.1. The molecule has 3 aromatic carbocycles. The first-order valence-electron chi connectivity index (χ1n) is 17.2. The number of carbonyl (C=O) groups is 2. The molecule has 2 unspecified atom stereocenters. The van der Waals surface area contributed by atoms with Gasteiger partial charge >= 0.3 is 6.09 Å². The molecule has 11 nitrogen and oxygen atoms in total. The van der Waals surface area contributed by atoms with Crippen molar-refractivity contribution in [3.8, 4) is 17.2 Å². The Balaban J connectivity index is 1.31. The molecule has 11 heteroatoms. The number of hydrogen-bond acceptors (Lipinski definition) is 9. The minimum absolute atomic E-state index is 0.0463. The molecule has 1 N–H and O–H groups in total. The van der Waals surface area contributed by atoms with Crippen molar-refractivity contribution >= 4 is 12.0 Å². The molecule has 2 atom stereocenters. The van der Waals surface area contributed by atoms with E-state index < -0.39 is 5.60 Å². The second-order valence-corrected chi connectivity index (χ2v) is 13.0. The van der Waals surface area contributed by atoms with Gasteiger partial charge in [0, 0.05) is 38.1 Å². The lowest BCUT2D eigenvalue weighted by Crippen LogP contribution is -2.48. The average molecular weight is 693 g/mol. The molecule has 0 aliphatic carbocycles. The molecule has 272 valence electrons. The molecule has 1 aliphatic heterocycles. The SMILES string of the molecule is COCCNC(=O)c1ccccc1OCCOC1CN(C(=O)OC(C)(C)C)CCC1c1ccc(OCCCOCc2ccccc2OC)cc1. The van der Waals surface area contributed by atoms with Crippen molar-refractivity contribution in [1.82, 2.24) is 10.2 Å². The van der Waals surface area contributed by atoms with Crippen LogP contribution in [-0.2, 0) is 25.6 Å². The minimum atomic E-state index is -0.598. The number of hydrogen-bond donors (Lipinski definition) is 1. The summed E-state index contributed by atoms with van der Waals surface area (Å²) in [6.07, 6.45) is 0.810. The Bertz CT molecular complexity index is 1470. The lowest BCUT2D eigenvalue weighted by atomic mass is 9.87. The number of para-hydroxylation sites is 2. The summed E-state index contributed by atoms with van der Waals surface area (Å²) in [6.45, 7) is 9.41. The van der Waals surface area contributed by atoms with Crippen LogP contribution in [0.25, 0.3) is 0 Å². The molecule has 2 amide bonds. The minimum Gasteiger partial charge on any atom is -0.496 e. The molecule has 1 fully saturated rings. The maximum atomic E-state index is 13.0. The number of carbonyl (C=O) groups excluding carboxylic acids is 2. The summed E-state index contributed by atoms with van der Waals surface area (Å²) in [7, 11) is 3.24. The third-order valence-corrected chi connectivity index (χ3v) is 8.07. The Morgan fingerprint density at radius 1 is 0.840 bits per heavy atom. The fraction of sp³-hybridized carbons (Fsp3) is 0.487. The van der Waals surface area contributed by atoms with Gasteiger partial charge < -0.3 is 43.4 Å². The fourth-order valence-corrected chi connectivity index (χ4v) is 5.62. The third-order valence-electron chi connectivity index (χ3n) is 8.07. The molecule has 1 saturated heterocycles. The van der Waals surface area contributed by atoms with Gasteiger partial charge in [0.2, 0.25) is 0 Å². The number of piperidine rings is 1. The predicted molar refractivity (Wildman–Crippen MR) is 190 cm³/mol. The molecule has 1 aliphatic rings. The van der Waals surface area contributed by atoms with E-state index in [0.717, 1.165) is 29.0 Å². The van der Waals surface area contributed by atoms with Gasteiger partial charge in [-0.1, -0.05) is 42.5 Å². The van der Waals surface area contributed by atoms with E-state index in [0.29, 0.717) is 63.8 Å². The fourth-order valence-electron chi connectivity index (χ4n) is 5.62. The Morgan fingerprint density at radius 3 is 2.32 bits per heavy atom. The van der Waals surface area contributed by atoms with Crippen molar-refractivity contribution in [1.29, 1.82) is 0 Å².